The Hall–Kier alpha value is -1.66. The van der Waals surface area contributed by atoms with E-state index in [2.05, 4.69) is 58.8 Å². The second-order valence-electron chi connectivity index (χ2n) is 6.75. The Bertz CT molecular complexity index is 1030. The Labute approximate surface area is 162 Å². The van der Waals surface area contributed by atoms with Gasteiger partial charge in [-0.2, -0.15) is 0 Å². The summed E-state index contributed by atoms with van der Waals surface area (Å²) in [7, 11) is 1.96. The number of thiophene rings is 2. The van der Waals surface area contributed by atoms with Crippen molar-refractivity contribution in [3.05, 3.63) is 53.9 Å². The van der Waals surface area contributed by atoms with Crippen LogP contribution in [0.15, 0.2) is 53.9 Å². The summed E-state index contributed by atoms with van der Waals surface area (Å²) in [6.45, 7) is 2.99. The van der Waals surface area contributed by atoms with E-state index in [1.807, 2.05) is 18.8 Å². The molecule has 26 heavy (non-hydrogen) atoms. The number of benzene rings is 2. The molecule has 129 valence electrons. The lowest BCUT2D eigenvalue weighted by Crippen LogP contribution is -2.28. The molecule has 1 aliphatic heterocycles. The minimum absolute atomic E-state index is 0.687. The molecule has 0 N–H and O–H groups in total. The second kappa shape index (κ2) is 7.16. The fourth-order valence-corrected chi connectivity index (χ4v) is 5.57. The van der Waals surface area contributed by atoms with Gasteiger partial charge in [-0.05, 0) is 52.8 Å². The van der Waals surface area contributed by atoms with Crippen molar-refractivity contribution < 1.29 is 4.65 Å². The van der Waals surface area contributed by atoms with E-state index in [0.717, 1.165) is 13.1 Å². The summed E-state index contributed by atoms with van der Waals surface area (Å²) in [5.74, 6) is 0. The molecule has 0 aliphatic carbocycles. The molecule has 1 saturated heterocycles. The molecule has 0 saturated carbocycles. The van der Waals surface area contributed by atoms with Gasteiger partial charge in [0.1, 0.15) is 0 Å². The van der Waals surface area contributed by atoms with Crippen LogP contribution in [0.25, 0.3) is 30.6 Å². The summed E-state index contributed by atoms with van der Waals surface area (Å²) < 4.78 is 8.67. The summed E-state index contributed by atoms with van der Waals surface area (Å²) in [5, 5.41) is 4.79. The molecular formula is C21H19BNOS2. The summed E-state index contributed by atoms with van der Waals surface area (Å²) in [4.78, 5) is 3.67. The van der Waals surface area contributed by atoms with E-state index < -0.39 is 0 Å². The normalized spacial score (nSPS) is 15.2. The van der Waals surface area contributed by atoms with Crippen LogP contribution >= 0.6 is 22.7 Å². The van der Waals surface area contributed by atoms with E-state index in [4.69, 9.17) is 4.65 Å². The average molecular weight is 376 g/mol. The number of hydrogen-bond acceptors (Lipinski definition) is 4. The molecule has 3 heterocycles. The molecule has 5 rings (SSSR count). The summed E-state index contributed by atoms with van der Waals surface area (Å²) in [6.07, 6.45) is 2.58. The lowest BCUT2D eigenvalue weighted by atomic mass is 9.82. The van der Waals surface area contributed by atoms with Crippen molar-refractivity contribution >= 4 is 55.8 Å². The molecule has 1 aliphatic rings. The number of hydrogen-bond donors (Lipinski definition) is 0. The van der Waals surface area contributed by atoms with Crippen molar-refractivity contribution in [2.45, 2.75) is 12.8 Å². The smallest absolute Gasteiger partial charge is 0.332 e. The van der Waals surface area contributed by atoms with E-state index in [1.54, 1.807) is 11.3 Å². The van der Waals surface area contributed by atoms with Gasteiger partial charge >= 0.3 is 7.48 Å². The first kappa shape index (κ1) is 16.5. The van der Waals surface area contributed by atoms with Crippen molar-refractivity contribution in [2.24, 2.45) is 0 Å². The van der Waals surface area contributed by atoms with Crippen LogP contribution in [0.5, 0.6) is 0 Å². The van der Waals surface area contributed by atoms with Crippen LogP contribution in [0.2, 0.25) is 0 Å². The number of rotatable bonds is 5. The highest BCUT2D eigenvalue weighted by molar-refractivity contribution is 7.26. The Kier molecular flexibility index (Phi) is 4.55. The first-order valence-electron chi connectivity index (χ1n) is 9.05. The van der Waals surface area contributed by atoms with Crippen LogP contribution in [-0.4, -0.2) is 32.2 Å². The van der Waals surface area contributed by atoms with Gasteiger partial charge in [-0.25, -0.2) is 0 Å². The first-order valence-corrected chi connectivity index (χ1v) is 10.7. The van der Waals surface area contributed by atoms with E-state index in [1.165, 1.54) is 48.9 Å². The molecule has 0 atom stereocenters. The Morgan fingerprint density at radius 3 is 2.69 bits per heavy atom. The van der Waals surface area contributed by atoms with Crippen molar-refractivity contribution in [3.8, 4) is 10.4 Å². The molecule has 5 heteroatoms. The zero-order valence-electron chi connectivity index (χ0n) is 14.5. The first-order chi connectivity index (χ1) is 12.9. The van der Waals surface area contributed by atoms with Gasteiger partial charge in [0.25, 0.3) is 0 Å². The molecule has 0 spiro atoms. The zero-order chi connectivity index (χ0) is 17.3. The van der Waals surface area contributed by atoms with Crippen molar-refractivity contribution in [1.29, 1.82) is 0 Å². The van der Waals surface area contributed by atoms with Crippen LogP contribution in [0.1, 0.15) is 12.8 Å². The maximum Gasteiger partial charge on any atom is 0.332 e. The van der Waals surface area contributed by atoms with Gasteiger partial charge in [-0.3, -0.25) is 4.90 Å². The predicted molar refractivity (Wildman–Crippen MR) is 115 cm³/mol. The van der Waals surface area contributed by atoms with Gasteiger partial charge < -0.3 is 4.65 Å². The zero-order valence-corrected chi connectivity index (χ0v) is 16.1. The average Bonchev–Trinajstić information content (AvgIpc) is 3.42. The Morgan fingerprint density at radius 1 is 0.962 bits per heavy atom. The third-order valence-electron chi connectivity index (χ3n) is 5.00. The molecule has 2 aromatic heterocycles. The van der Waals surface area contributed by atoms with Gasteiger partial charge in [-0.1, -0.05) is 30.3 Å². The highest BCUT2D eigenvalue weighted by Crippen LogP contribution is 2.36. The lowest BCUT2D eigenvalue weighted by Gasteiger charge is -2.15. The minimum Gasteiger partial charge on any atom is -0.422 e. The standard InChI is InChI=1S/C21H19BNOS2/c1-2-7-20-15(6-1)16-12-18(22-24-14-23-9-3-4-10-23)17(13-21(16)26-20)19-8-5-11-25-19/h1-2,5-8,11-13H,3-4,9-10,14H2. The molecule has 1 radical (unpaired) electrons. The Balaban J connectivity index is 1.54. The molecule has 4 aromatic rings. The molecule has 0 amide bonds. The van der Waals surface area contributed by atoms with Crippen LogP contribution in [0.4, 0.5) is 0 Å². The SMILES string of the molecule is [B](OCN1CCCC1)c1cc2c(cc1-c1cccs1)sc1ccccc12. The molecule has 0 unspecified atom stereocenters. The van der Waals surface area contributed by atoms with Crippen LogP contribution < -0.4 is 5.46 Å². The molecular weight excluding hydrogens is 357 g/mol. The van der Waals surface area contributed by atoms with Crippen molar-refractivity contribution in [2.75, 3.05) is 19.8 Å². The molecule has 1 fully saturated rings. The van der Waals surface area contributed by atoms with E-state index in [0.29, 0.717) is 6.73 Å². The highest BCUT2D eigenvalue weighted by Gasteiger charge is 2.15. The largest absolute Gasteiger partial charge is 0.422 e. The fourth-order valence-electron chi connectivity index (χ4n) is 3.67. The lowest BCUT2D eigenvalue weighted by molar-refractivity contribution is 0.160. The quantitative estimate of drug-likeness (QED) is 0.450. The number of fused-ring (bicyclic) bond motifs is 3. The fraction of sp³-hybridized carbons (Fsp3) is 0.238. The maximum absolute atomic E-state index is 5.99. The third kappa shape index (κ3) is 3.10. The predicted octanol–water partition coefficient (Wildman–Crippen LogP) is 5.10. The van der Waals surface area contributed by atoms with Crippen LogP contribution in [-0.2, 0) is 4.65 Å². The minimum atomic E-state index is 0.687. The maximum atomic E-state index is 5.99. The van der Waals surface area contributed by atoms with Gasteiger partial charge in [0.05, 0.1) is 6.73 Å². The van der Waals surface area contributed by atoms with Crippen molar-refractivity contribution in [3.63, 3.8) is 0 Å². The van der Waals surface area contributed by atoms with Gasteiger partial charge in [0.2, 0.25) is 0 Å². The van der Waals surface area contributed by atoms with Crippen molar-refractivity contribution in [1.82, 2.24) is 4.90 Å². The van der Waals surface area contributed by atoms with E-state index in [9.17, 15) is 0 Å². The number of nitrogens with zero attached hydrogens (tertiary/aromatic N) is 1. The van der Waals surface area contributed by atoms with Gasteiger partial charge in [0.15, 0.2) is 0 Å². The van der Waals surface area contributed by atoms with Gasteiger partial charge in [-0.15, -0.1) is 22.7 Å². The van der Waals surface area contributed by atoms with Gasteiger partial charge in [0, 0.05) is 32.8 Å². The summed E-state index contributed by atoms with van der Waals surface area (Å²) >= 11 is 3.65. The number of likely N-dealkylation sites (tertiary alicyclic amines) is 1. The second-order valence-corrected chi connectivity index (χ2v) is 8.78. The molecule has 2 aromatic carbocycles. The van der Waals surface area contributed by atoms with E-state index in [-0.39, 0.29) is 0 Å². The Morgan fingerprint density at radius 2 is 1.85 bits per heavy atom. The van der Waals surface area contributed by atoms with Crippen LogP contribution in [0, 0.1) is 0 Å². The highest BCUT2D eigenvalue weighted by atomic mass is 32.1. The van der Waals surface area contributed by atoms with Crippen LogP contribution in [0.3, 0.4) is 0 Å². The molecule has 0 bridgehead atoms. The molecule has 2 nitrogen and oxygen atoms in total. The summed E-state index contributed by atoms with van der Waals surface area (Å²) in [6, 6.07) is 17.6. The summed E-state index contributed by atoms with van der Waals surface area (Å²) in [5.41, 5.74) is 2.43. The topological polar surface area (TPSA) is 12.5 Å². The third-order valence-corrected chi connectivity index (χ3v) is 7.04. The van der Waals surface area contributed by atoms with E-state index >= 15 is 0 Å². The monoisotopic (exact) mass is 376 g/mol.